The van der Waals surface area contributed by atoms with Gasteiger partial charge in [-0.05, 0) is 11.5 Å². The Morgan fingerprint density at radius 3 is 2.37 bits per heavy atom. The van der Waals surface area contributed by atoms with Crippen LogP contribution in [0.1, 0.15) is 44.7 Å². The lowest BCUT2D eigenvalue weighted by Gasteiger charge is -2.18. The Bertz CT molecular complexity index is 417. The van der Waals surface area contributed by atoms with Crippen LogP contribution in [0.25, 0.3) is 0 Å². The first kappa shape index (κ1) is 15.2. The Balaban J connectivity index is 2.70. The molecule has 0 spiro atoms. The fourth-order valence-electron chi connectivity index (χ4n) is 1.83. The lowest BCUT2D eigenvalue weighted by atomic mass is 10.0. The van der Waals surface area contributed by atoms with Crippen LogP contribution < -0.4 is 5.32 Å². The number of carboxylic acids is 1. The van der Waals surface area contributed by atoms with Gasteiger partial charge in [0.15, 0.2) is 0 Å². The maximum absolute atomic E-state index is 11.9. The van der Waals surface area contributed by atoms with E-state index in [9.17, 15) is 9.59 Å². The number of amides is 1. The van der Waals surface area contributed by atoms with Gasteiger partial charge in [0.05, 0.1) is 12.5 Å². The lowest BCUT2D eigenvalue weighted by Crippen LogP contribution is -2.31. The van der Waals surface area contributed by atoms with Gasteiger partial charge < -0.3 is 10.4 Å². The Morgan fingerprint density at radius 1 is 1.21 bits per heavy atom. The van der Waals surface area contributed by atoms with E-state index in [1.807, 2.05) is 44.2 Å². The highest BCUT2D eigenvalue weighted by atomic mass is 16.4. The Hall–Kier alpha value is -1.84. The van der Waals surface area contributed by atoms with Gasteiger partial charge in [-0.25, -0.2) is 0 Å². The molecule has 0 aliphatic heterocycles. The van der Waals surface area contributed by atoms with Crippen molar-refractivity contribution in [1.29, 1.82) is 0 Å². The van der Waals surface area contributed by atoms with E-state index in [0.717, 1.165) is 12.0 Å². The van der Waals surface area contributed by atoms with E-state index < -0.39 is 12.0 Å². The molecular formula is C15H21NO3. The van der Waals surface area contributed by atoms with E-state index in [4.69, 9.17) is 5.11 Å². The van der Waals surface area contributed by atoms with Gasteiger partial charge in [0.25, 0.3) is 0 Å². The van der Waals surface area contributed by atoms with E-state index in [1.54, 1.807) is 0 Å². The van der Waals surface area contributed by atoms with Crippen LogP contribution >= 0.6 is 0 Å². The first-order chi connectivity index (χ1) is 9.02. The molecule has 19 heavy (non-hydrogen) atoms. The van der Waals surface area contributed by atoms with Gasteiger partial charge >= 0.3 is 5.97 Å². The number of benzene rings is 1. The summed E-state index contributed by atoms with van der Waals surface area (Å²) in [6.07, 6.45) is 1.26. The minimum atomic E-state index is -0.919. The SMILES string of the molecule is CCC(C)CC(=O)NC(CC(=O)O)c1ccccc1. The molecule has 1 amide bonds. The maximum atomic E-state index is 11.9. The number of carbonyl (C=O) groups excluding carboxylic acids is 1. The third kappa shape index (κ3) is 5.55. The summed E-state index contributed by atoms with van der Waals surface area (Å²) in [5.41, 5.74) is 0.822. The van der Waals surface area contributed by atoms with Gasteiger partial charge in [-0.1, -0.05) is 50.6 Å². The van der Waals surface area contributed by atoms with Crippen molar-refractivity contribution in [2.24, 2.45) is 5.92 Å². The Morgan fingerprint density at radius 2 is 1.84 bits per heavy atom. The second-order valence-electron chi connectivity index (χ2n) is 4.85. The molecule has 1 rings (SSSR count). The minimum absolute atomic E-state index is 0.0931. The zero-order chi connectivity index (χ0) is 14.3. The third-order valence-electron chi connectivity index (χ3n) is 3.15. The maximum Gasteiger partial charge on any atom is 0.305 e. The molecule has 0 radical (unpaired) electrons. The molecule has 2 unspecified atom stereocenters. The molecule has 104 valence electrons. The zero-order valence-corrected chi connectivity index (χ0v) is 11.4. The number of aliphatic carboxylic acids is 1. The molecular weight excluding hydrogens is 242 g/mol. The summed E-state index contributed by atoms with van der Waals surface area (Å²) in [5.74, 6) is -0.705. The Labute approximate surface area is 113 Å². The number of nitrogens with one attached hydrogen (secondary N) is 1. The molecule has 0 saturated heterocycles. The van der Waals surface area contributed by atoms with Crippen LogP contribution in [0.15, 0.2) is 30.3 Å². The predicted molar refractivity (Wildman–Crippen MR) is 73.7 cm³/mol. The topological polar surface area (TPSA) is 66.4 Å². The molecule has 4 nitrogen and oxygen atoms in total. The molecule has 1 aromatic rings. The summed E-state index contributed by atoms with van der Waals surface area (Å²) in [6.45, 7) is 4.04. The lowest BCUT2D eigenvalue weighted by molar-refractivity contribution is -0.137. The Kier molecular flexibility index (Phi) is 6.06. The predicted octanol–water partition coefficient (Wildman–Crippen LogP) is 2.75. The van der Waals surface area contributed by atoms with Crippen LogP contribution in [0.2, 0.25) is 0 Å². The molecule has 0 fully saturated rings. The number of rotatable bonds is 7. The highest BCUT2D eigenvalue weighted by Crippen LogP contribution is 2.17. The molecule has 4 heteroatoms. The van der Waals surface area contributed by atoms with Crippen molar-refractivity contribution in [2.45, 2.75) is 39.2 Å². The molecule has 0 aromatic heterocycles. The highest BCUT2D eigenvalue weighted by Gasteiger charge is 2.18. The summed E-state index contributed by atoms with van der Waals surface area (Å²) in [7, 11) is 0. The monoisotopic (exact) mass is 263 g/mol. The summed E-state index contributed by atoms with van der Waals surface area (Å²) in [4.78, 5) is 22.8. The van der Waals surface area contributed by atoms with Gasteiger partial charge in [-0.15, -0.1) is 0 Å². The van der Waals surface area contributed by atoms with Gasteiger partial charge in [0, 0.05) is 6.42 Å². The van der Waals surface area contributed by atoms with E-state index in [0.29, 0.717) is 12.3 Å². The van der Waals surface area contributed by atoms with Crippen LogP contribution in [-0.4, -0.2) is 17.0 Å². The second kappa shape index (κ2) is 7.56. The fraction of sp³-hybridized carbons (Fsp3) is 0.467. The van der Waals surface area contributed by atoms with E-state index >= 15 is 0 Å². The highest BCUT2D eigenvalue weighted by molar-refractivity contribution is 5.78. The smallest absolute Gasteiger partial charge is 0.305 e. The molecule has 2 atom stereocenters. The molecule has 2 N–H and O–H groups in total. The quantitative estimate of drug-likeness (QED) is 0.795. The van der Waals surface area contributed by atoms with Crippen LogP contribution in [-0.2, 0) is 9.59 Å². The molecule has 1 aromatic carbocycles. The van der Waals surface area contributed by atoms with Gasteiger partial charge in [-0.2, -0.15) is 0 Å². The molecule has 0 heterocycles. The number of carboxylic acid groups (broad SMARTS) is 1. The molecule has 0 bridgehead atoms. The first-order valence-corrected chi connectivity index (χ1v) is 6.59. The van der Waals surface area contributed by atoms with Crippen molar-refractivity contribution >= 4 is 11.9 Å². The third-order valence-corrected chi connectivity index (χ3v) is 3.15. The number of hydrogen-bond donors (Lipinski definition) is 2. The van der Waals surface area contributed by atoms with Crippen molar-refractivity contribution in [1.82, 2.24) is 5.32 Å². The van der Waals surface area contributed by atoms with Crippen molar-refractivity contribution in [3.8, 4) is 0 Å². The fourth-order valence-corrected chi connectivity index (χ4v) is 1.83. The van der Waals surface area contributed by atoms with Gasteiger partial charge in [0.2, 0.25) is 5.91 Å². The van der Waals surface area contributed by atoms with Crippen LogP contribution in [0.3, 0.4) is 0 Å². The average molecular weight is 263 g/mol. The zero-order valence-electron chi connectivity index (χ0n) is 11.4. The number of carbonyl (C=O) groups is 2. The van der Waals surface area contributed by atoms with Crippen molar-refractivity contribution < 1.29 is 14.7 Å². The molecule has 0 aliphatic carbocycles. The first-order valence-electron chi connectivity index (χ1n) is 6.59. The number of hydrogen-bond acceptors (Lipinski definition) is 2. The van der Waals surface area contributed by atoms with Crippen LogP contribution in [0.5, 0.6) is 0 Å². The van der Waals surface area contributed by atoms with E-state index in [1.165, 1.54) is 0 Å². The van der Waals surface area contributed by atoms with Crippen molar-refractivity contribution in [3.63, 3.8) is 0 Å². The van der Waals surface area contributed by atoms with Crippen LogP contribution in [0.4, 0.5) is 0 Å². The normalized spacial score (nSPS) is 13.6. The van der Waals surface area contributed by atoms with Gasteiger partial charge in [0.1, 0.15) is 0 Å². The van der Waals surface area contributed by atoms with Crippen LogP contribution in [0, 0.1) is 5.92 Å². The standard InChI is InChI=1S/C15H21NO3/c1-3-11(2)9-14(17)16-13(10-15(18)19)12-7-5-4-6-8-12/h4-8,11,13H,3,9-10H2,1-2H3,(H,16,17)(H,18,19). The second-order valence-corrected chi connectivity index (χ2v) is 4.85. The minimum Gasteiger partial charge on any atom is -0.481 e. The van der Waals surface area contributed by atoms with Gasteiger partial charge in [-0.3, -0.25) is 9.59 Å². The largest absolute Gasteiger partial charge is 0.481 e. The summed E-state index contributed by atoms with van der Waals surface area (Å²) in [6, 6.07) is 8.74. The summed E-state index contributed by atoms with van der Waals surface area (Å²) < 4.78 is 0. The molecule has 0 aliphatic rings. The van der Waals surface area contributed by atoms with Crippen molar-refractivity contribution in [2.75, 3.05) is 0 Å². The summed E-state index contributed by atoms with van der Waals surface area (Å²) in [5, 5.41) is 11.7. The molecule has 0 saturated carbocycles. The van der Waals surface area contributed by atoms with Crippen molar-refractivity contribution in [3.05, 3.63) is 35.9 Å². The summed E-state index contributed by atoms with van der Waals surface area (Å²) >= 11 is 0. The van der Waals surface area contributed by atoms with E-state index in [2.05, 4.69) is 5.32 Å². The van der Waals surface area contributed by atoms with E-state index in [-0.39, 0.29) is 12.3 Å². The average Bonchev–Trinajstić information content (AvgIpc) is 2.38.